The first-order valence-electron chi connectivity index (χ1n) is 5.94. The van der Waals surface area contributed by atoms with Crippen LogP contribution in [0.3, 0.4) is 0 Å². The molecule has 0 saturated carbocycles. The van der Waals surface area contributed by atoms with E-state index in [1.807, 2.05) is 0 Å². The molecule has 0 aliphatic rings. The van der Waals surface area contributed by atoms with Gasteiger partial charge in [0.05, 0.1) is 10.8 Å². The van der Waals surface area contributed by atoms with E-state index >= 15 is 0 Å². The van der Waals surface area contributed by atoms with Crippen molar-refractivity contribution >= 4 is 21.5 Å². The molecule has 0 bridgehead atoms. The van der Waals surface area contributed by atoms with Gasteiger partial charge in [-0.05, 0) is 30.7 Å². The highest BCUT2D eigenvalue weighted by atomic mass is 32.2. The summed E-state index contributed by atoms with van der Waals surface area (Å²) in [5.74, 6) is -1.49. The van der Waals surface area contributed by atoms with Gasteiger partial charge in [0, 0.05) is 12.2 Å². The van der Waals surface area contributed by atoms with Crippen LogP contribution in [0.4, 0.5) is 18.9 Å². The van der Waals surface area contributed by atoms with Gasteiger partial charge in [-0.3, -0.25) is 4.79 Å². The van der Waals surface area contributed by atoms with E-state index < -0.39 is 32.1 Å². The van der Waals surface area contributed by atoms with Crippen LogP contribution in [-0.2, 0) is 14.6 Å². The highest BCUT2D eigenvalue weighted by molar-refractivity contribution is 7.92. The predicted octanol–water partition coefficient (Wildman–Crippen LogP) is 2.50. The lowest BCUT2D eigenvalue weighted by atomic mass is 10.1. The summed E-state index contributed by atoms with van der Waals surface area (Å²) >= 11 is 0. The van der Waals surface area contributed by atoms with E-state index in [0.29, 0.717) is 18.7 Å². The van der Waals surface area contributed by atoms with Crippen molar-refractivity contribution in [1.82, 2.24) is 0 Å². The quantitative estimate of drug-likeness (QED) is 0.839. The van der Waals surface area contributed by atoms with E-state index in [9.17, 15) is 26.4 Å². The molecular formula is C12H14F3NO4S. The number of hydrogen-bond donors (Lipinski definition) is 2. The third kappa shape index (κ3) is 4.35. The maximum atomic E-state index is 12.3. The number of carbonyl (C=O) groups is 1. The van der Waals surface area contributed by atoms with E-state index in [1.165, 1.54) is 19.1 Å². The van der Waals surface area contributed by atoms with E-state index in [-0.39, 0.29) is 0 Å². The summed E-state index contributed by atoms with van der Waals surface area (Å²) in [6, 6.07) is 4.10. The van der Waals surface area contributed by atoms with Crippen molar-refractivity contribution in [2.45, 2.75) is 23.7 Å². The monoisotopic (exact) mass is 325 g/mol. The molecule has 0 saturated heterocycles. The molecule has 1 rings (SSSR count). The van der Waals surface area contributed by atoms with Gasteiger partial charge in [-0.2, -0.15) is 13.2 Å². The fourth-order valence-corrected chi connectivity index (χ4v) is 2.20. The van der Waals surface area contributed by atoms with Gasteiger partial charge in [0.2, 0.25) is 0 Å². The first-order valence-corrected chi connectivity index (χ1v) is 7.42. The number of benzene rings is 1. The molecule has 1 atom stereocenters. The highest BCUT2D eigenvalue weighted by Gasteiger charge is 2.46. The van der Waals surface area contributed by atoms with Gasteiger partial charge in [-0.25, -0.2) is 8.42 Å². The minimum atomic E-state index is -5.34. The topological polar surface area (TPSA) is 83.5 Å². The van der Waals surface area contributed by atoms with Crippen molar-refractivity contribution in [3.63, 3.8) is 0 Å². The Balaban J connectivity index is 2.70. The molecule has 0 heterocycles. The number of halogens is 3. The summed E-state index contributed by atoms with van der Waals surface area (Å²) in [7, 11) is -5.34. The first kappa shape index (κ1) is 17.3. The molecule has 0 amide bonds. The van der Waals surface area contributed by atoms with Crippen molar-refractivity contribution in [2.24, 2.45) is 5.92 Å². The van der Waals surface area contributed by atoms with Crippen LogP contribution in [0.2, 0.25) is 0 Å². The van der Waals surface area contributed by atoms with Gasteiger partial charge in [0.15, 0.2) is 0 Å². The Bertz CT molecular complexity index is 596. The Morgan fingerprint density at radius 3 is 2.24 bits per heavy atom. The maximum absolute atomic E-state index is 12.3. The summed E-state index contributed by atoms with van der Waals surface area (Å²) in [6.45, 7) is 1.84. The summed E-state index contributed by atoms with van der Waals surface area (Å²) in [4.78, 5) is 9.76. The minimum absolute atomic E-state index is 0.304. The number of sulfone groups is 1. The Labute approximate surface area is 119 Å². The van der Waals surface area contributed by atoms with Crippen molar-refractivity contribution in [1.29, 1.82) is 0 Å². The summed E-state index contributed by atoms with van der Waals surface area (Å²) < 4.78 is 59.2. The molecule has 0 aromatic heterocycles. The highest BCUT2D eigenvalue weighted by Crippen LogP contribution is 2.30. The average molecular weight is 325 g/mol. The number of nitrogens with one attached hydrogen (secondary N) is 1. The number of rotatable bonds is 6. The van der Waals surface area contributed by atoms with Crippen LogP contribution in [0.25, 0.3) is 0 Å². The zero-order chi connectivity index (χ0) is 16.3. The fraction of sp³-hybridized carbons (Fsp3) is 0.417. The zero-order valence-corrected chi connectivity index (χ0v) is 11.8. The molecule has 1 unspecified atom stereocenters. The van der Waals surface area contributed by atoms with Gasteiger partial charge in [0.1, 0.15) is 0 Å². The largest absolute Gasteiger partial charge is 0.501 e. The molecule has 1 aromatic carbocycles. The van der Waals surface area contributed by atoms with E-state index in [1.54, 1.807) is 0 Å². The molecule has 118 valence electrons. The molecule has 0 spiro atoms. The van der Waals surface area contributed by atoms with Crippen LogP contribution in [0.5, 0.6) is 0 Å². The second-order valence-electron chi connectivity index (χ2n) is 4.43. The smallest absolute Gasteiger partial charge is 0.481 e. The lowest BCUT2D eigenvalue weighted by Gasteiger charge is -2.11. The molecule has 9 heteroatoms. The van der Waals surface area contributed by atoms with Crippen LogP contribution in [0, 0.1) is 5.92 Å². The average Bonchev–Trinajstić information content (AvgIpc) is 2.37. The maximum Gasteiger partial charge on any atom is 0.501 e. The second kappa shape index (κ2) is 6.33. The van der Waals surface area contributed by atoms with Gasteiger partial charge in [-0.15, -0.1) is 0 Å². The number of alkyl halides is 3. The van der Waals surface area contributed by atoms with E-state index in [0.717, 1.165) is 12.1 Å². The number of carboxylic acids is 1. The molecule has 1 aromatic rings. The number of anilines is 1. The summed E-state index contributed by atoms with van der Waals surface area (Å²) in [5.41, 5.74) is -4.92. The normalized spacial score (nSPS) is 13.7. The molecule has 0 radical (unpaired) electrons. The lowest BCUT2D eigenvalue weighted by Crippen LogP contribution is -2.23. The zero-order valence-electron chi connectivity index (χ0n) is 11.0. The Morgan fingerprint density at radius 1 is 1.29 bits per heavy atom. The standard InChI is InChI=1S/C12H14F3NO4S/c1-8(11(17)18)6-7-16-9-2-4-10(5-3-9)21(19,20)12(13,14)15/h2-5,8,16H,6-7H2,1H3,(H,17,18). The summed E-state index contributed by atoms with van der Waals surface area (Å²) in [5, 5.41) is 11.5. The van der Waals surface area contributed by atoms with Crippen LogP contribution in [0.1, 0.15) is 13.3 Å². The van der Waals surface area contributed by atoms with Crippen molar-refractivity contribution in [2.75, 3.05) is 11.9 Å². The molecule has 5 nitrogen and oxygen atoms in total. The molecule has 21 heavy (non-hydrogen) atoms. The van der Waals surface area contributed by atoms with E-state index in [2.05, 4.69) is 5.32 Å². The van der Waals surface area contributed by atoms with Crippen molar-refractivity contribution in [3.8, 4) is 0 Å². The van der Waals surface area contributed by atoms with Crippen LogP contribution in [0.15, 0.2) is 29.2 Å². The van der Waals surface area contributed by atoms with Gasteiger partial charge in [-0.1, -0.05) is 6.92 Å². The fourth-order valence-electron chi connectivity index (χ4n) is 1.44. The van der Waals surface area contributed by atoms with Gasteiger partial charge < -0.3 is 10.4 Å². The third-order valence-electron chi connectivity index (χ3n) is 2.80. The predicted molar refractivity (Wildman–Crippen MR) is 69.6 cm³/mol. The van der Waals surface area contributed by atoms with Gasteiger partial charge >= 0.3 is 11.5 Å². The number of aliphatic carboxylic acids is 1. The molecule has 0 aliphatic heterocycles. The lowest BCUT2D eigenvalue weighted by molar-refractivity contribution is -0.141. The Morgan fingerprint density at radius 2 is 1.81 bits per heavy atom. The molecule has 2 N–H and O–H groups in total. The van der Waals surface area contributed by atoms with Gasteiger partial charge in [0.25, 0.3) is 9.84 Å². The van der Waals surface area contributed by atoms with Crippen molar-refractivity contribution < 1.29 is 31.5 Å². The second-order valence-corrected chi connectivity index (χ2v) is 6.37. The SMILES string of the molecule is CC(CCNc1ccc(S(=O)(=O)C(F)(F)F)cc1)C(=O)O. The molecule has 0 aliphatic carbocycles. The van der Waals surface area contributed by atoms with Crippen LogP contribution in [-0.4, -0.2) is 31.5 Å². The number of carboxylic acid groups (broad SMARTS) is 1. The molecule has 0 fully saturated rings. The first-order chi connectivity index (χ1) is 9.55. The van der Waals surface area contributed by atoms with Crippen molar-refractivity contribution in [3.05, 3.63) is 24.3 Å². The van der Waals surface area contributed by atoms with Crippen LogP contribution >= 0.6 is 0 Å². The third-order valence-corrected chi connectivity index (χ3v) is 4.30. The summed E-state index contributed by atoms with van der Waals surface area (Å²) in [6.07, 6.45) is 0.331. The molecular weight excluding hydrogens is 311 g/mol. The Kier molecular flexibility index (Phi) is 5.21. The Hall–Kier alpha value is -1.77. The van der Waals surface area contributed by atoms with Crippen LogP contribution < -0.4 is 5.32 Å². The number of hydrogen-bond acceptors (Lipinski definition) is 4. The minimum Gasteiger partial charge on any atom is -0.481 e. The van der Waals surface area contributed by atoms with E-state index in [4.69, 9.17) is 5.11 Å².